The third-order valence-electron chi connectivity index (χ3n) is 2.85. The molecule has 0 bridgehead atoms. The molecule has 0 aromatic heterocycles. The Balaban J connectivity index is 2.94. The Hall–Kier alpha value is -1.52. The summed E-state index contributed by atoms with van der Waals surface area (Å²) in [5.74, 6) is -0.220. The average molecular weight is 224 g/mol. The second-order valence-corrected chi connectivity index (χ2v) is 3.83. The fourth-order valence-electron chi connectivity index (χ4n) is 2.11. The molecule has 6 nitrogen and oxygen atoms in total. The zero-order valence-electron chi connectivity index (χ0n) is 9.67. The second kappa shape index (κ2) is 5.53. The van der Waals surface area contributed by atoms with Crippen molar-refractivity contribution in [3.8, 4) is 0 Å². The number of carbonyl (C=O) groups excluding carboxylic acids is 1. The van der Waals surface area contributed by atoms with Gasteiger partial charge in [-0.05, 0) is 24.9 Å². The number of hydrogen-bond donors (Lipinski definition) is 1. The quantitative estimate of drug-likeness (QED) is 0.340. The maximum absolute atomic E-state index is 11.4. The van der Waals surface area contributed by atoms with Gasteiger partial charge in [0.1, 0.15) is 0 Å². The van der Waals surface area contributed by atoms with Gasteiger partial charge in [0.25, 0.3) is 0 Å². The predicted molar refractivity (Wildman–Crippen MR) is 59.7 cm³/mol. The van der Waals surface area contributed by atoms with Crippen LogP contribution in [0.25, 0.3) is 10.4 Å². The van der Waals surface area contributed by atoms with E-state index in [-0.39, 0.29) is 24.0 Å². The Bertz CT molecular complexity index is 347. The van der Waals surface area contributed by atoms with E-state index >= 15 is 0 Å². The number of likely N-dealkylation sites (N-methyl/N-ethyl adjacent to an activating group) is 1. The van der Waals surface area contributed by atoms with Crippen LogP contribution >= 0.6 is 0 Å². The Morgan fingerprint density at radius 2 is 2.44 bits per heavy atom. The maximum atomic E-state index is 11.4. The minimum Gasteiger partial charge on any atom is -0.466 e. The van der Waals surface area contributed by atoms with Crippen molar-refractivity contribution in [2.75, 3.05) is 14.2 Å². The molecule has 0 fully saturated rings. The molecular weight excluding hydrogens is 208 g/mol. The molecular formula is C10H16N4O2. The zero-order chi connectivity index (χ0) is 12.1. The van der Waals surface area contributed by atoms with Crippen LogP contribution in [0.1, 0.15) is 13.3 Å². The summed E-state index contributed by atoms with van der Waals surface area (Å²) in [7, 11) is 3.17. The minimum absolute atomic E-state index is 0.0595. The van der Waals surface area contributed by atoms with E-state index in [9.17, 15) is 4.79 Å². The molecule has 0 radical (unpaired) electrons. The highest BCUT2D eigenvalue weighted by Crippen LogP contribution is 2.26. The summed E-state index contributed by atoms with van der Waals surface area (Å²) in [6.45, 7) is 1.98. The molecule has 2 unspecified atom stereocenters. The van der Waals surface area contributed by atoms with Crippen molar-refractivity contribution >= 4 is 5.97 Å². The molecule has 1 aliphatic carbocycles. The number of ether oxygens (including phenoxy) is 1. The topological polar surface area (TPSA) is 87.1 Å². The van der Waals surface area contributed by atoms with E-state index in [1.807, 2.05) is 20.0 Å². The van der Waals surface area contributed by atoms with Gasteiger partial charge in [-0.2, -0.15) is 0 Å². The number of hydrogen-bond acceptors (Lipinski definition) is 4. The van der Waals surface area contributed by atoms with Crippen molar-refractivity contribution < 1.29 is 9.53 Å². The van der Waals surface area contributed by atoms with Crippen LogP contribution in [0.15, 0.2) is 16.8 Å². The number of methoxy groups -OCH3 is 1. The highest BCUT2D eigenvalue weighted by Gasteiger charge is 2.31. The van der Waals surface area contributed by atoms with Gasteiger partial charge < -0.3 is 10.1 Å². The van der Waals surface area contributed by atoms with Gasteiger partial charge in [-0.3, -0.25) is 0 Å². The molecule has 16 heavy (non-hydrogen) atoms. The van der Waals surface area contributed by atoms with Gasteiger partial charge >= 0.3 is 5.97 Å². The molecule has 3 atom stereocenters. The zero-order valence-corrected chi connectivity index (χ0v) is 9.67. The molecule has 0 aromatic rings. The van der Waals surface area contributed by atoms with Crippen LogP contribution in [0.3, 0.4) is 0 Å². The van der Waals surface area contributed by atoms with Crippen LogP contribution in [0, 0.1) is 5.92 Å². The van der Waals surface area contributed by atoms with Crippen LogP contribution in [-0.4, -0.2) is 32.2 Å². The van der Waals surface area contributed by atoms with Gasteiger partial charge in [-0.25, -0.2) is 4.79 Å². The fourth-order valence-corrected chi connectivity index (χ4v) is 2.11. The summed E-state index contributed by atoms with van der Waals surface area (Å²) in [6, 6.07) is -0.187. The van der Waals surface area contributed by atoms with Crippen molar-refractivity contribution in [2.24, 2.45) is 11.0 Å². The van der Waals surface area contributed by atoms with E-state index in [1.165, 1.54) is 7.11 Å². The summed E-state index contributed by atoms with van der Waals surface area (Å²) in [4.78, 5) is 14.2. The largest absolute Gasteiger partial charge is 0.466 e. The van der Waals surface area contributed by atoms with Crippen LogP contribution in [0.5, 0.6) is 0 Å². The summed E-state index contributed by atoms with van der Waals surface area (Å²) in [5.41, 5.74) is 9.08. The Morgan fingerprint density at radius 1 is 1.75 bits per heavy atom. The smallest absolute Gasteiger partial charge is 0.333 e. The number of nitrogens with zero attached hydrogens (tertiary/aromatic N) is 3. The normalized spacial score (nSPS) is 28.9. The molecule has 0 saturated carbocycles. The molecule has 88 valence electrons. The summed E-state index contributed by atoms with van der Waals surface area (Å²) >= 11 is 0. The molecule has 0 heterocycles. The Kier molecular flexibility index (Phi) is 4.34. The molecule has 0 spiro atoms. The average Bonchev–Trinajstić information content (AvgIpc) is 2.28. The minimum atomic E-state index is -0.348. The molecule has 0 aromatic carbocycles. The van der Waals surface area contributed by atoms with Crippen LogP contribution in [0.4, 0.5) is 0 Å². The first-order valence-corrected chi connectivity index (χ1v) is 5.14. The lowest BCUT2D eigenvalue weighted by molar-refractivity contribution is -0.136. The molecule has 6 heteroatoms. The summed E-state index contributed by atoms with van der Waals surface area (Å²) in [6.07, 6.45) is 2.29. The molecule has 0 amide bonds. The molecule has 1 rings (SSSR count). The van der Waals surface area contributed by atoms with Gasteiger partial charge in [0.05, 0.1) is 13.2 Å². The van der Waals surface area contributed by atoms with Gasteiger partial charge in [0.15, 0.2) is 0 Å². The van der Waals surface area contributed by atoms with E-state index in [0.717, 1.165) is 0 Å². The van der Waals surface area contributed by atoms with Crippen molar-refractivity contribution in [2.45, 2.75) is 25.4 Å². The molecule has 1 aliphatic rings. The molecule has 0 aliphatic heterocycles. The Labute approximate surface area is 94.3 Å². The third kappa shape index (κ3) is 2.53. The lowest BCUT2D eigenvalue weighted by Crippen LogP contribution is -2.44. The first-order chi connectivity index (χ1) is 7.63. The highest BCUT2D eigenvalue weighted by atomic mass is 16.5. The maximum Gasteiger partial charge on any atom is 0.333 e. The van der Waals surface area contributed by atoms with Crippen LogP contribution in [0.2, 0.25) is 0 Å². The third-order valence-corrected chi connectivity index (χ3v) is 2.85. The lowest BCUT2D eigenvalue weighted by Gasteiger charge is -2.32. The number of esters is 1. The number of nitrogens with one attached hydrogen (secondary N) is 1. The number of azide groups is 1. The van der Waals surface area contributed by atoms with Crippen molar-refractivity contribution in [1.29, 1.82) is 0 Å². The lowest BCUT2D eigenvalue weighted by atomic mass is 9.83. The van der Waals surface area contributed by atoms with Crippen molar-refractivity contribution in [3.05, 3.63) is 22.1 Å². The van der Waals surface area contributed by atoms with E-state index < -0.39 is 0 Å². The second-order valence-electron chi connectivity index (χ2n) is 3.83. The first kappa shape index (κ1) is 12.5. The van der Waals surface area contributed by atoms with Gasteiger partial charge in [-0.1, -0.05) is 18.1 Å². The first-order valence-electron chi connectivity index (χ1n) is 5.14. The monoisotopic (exact) mass is 224 g/mol. The van der Waals surface area contributed by atoms with Gasteiger partial charge in [-0.15, -0.1) is 0 Å². The number of carbonyl (C=O) groups is 1. The van der Waals surface area contributed by atoms with E-state index in [4.69, 9.17) is 5.53 Å². The van der Waals surface area contributed by atoms with Crippen LogP contribution in [-0.2, 0) is 9.53 Å². The van der Waals surface area contributed by atoms with E-state index in [0.29, 0.717) is 12.0 Å². The van der Waals surface area contributed by atoms with Crippen molar-refractivity contribution in [1.82, 2.24) is 5.32 Å². The summed E-state index contributed by atoms with van der Waals surface area (Å²) < 4.78 is 4.67. The highest BCUT2D eigenvalue weighted by molar-refractivity contribution is 5.88. The summed E-state index contributed by atoms with van der Waals surface area (Å²) in [5, 5.41) is 6.83. The van der Waals surface area contributed by atoms with E-state index in [1.54, 1.807) is 0 Å². The van der Waals surface area contributed by atoms with E-state index in [2.05, 4.69) is 20.1 Å². The van der Waals surface area contributed by atoms with Crippen molar-refractivity contribution in [3.63, 3.8) is 0 Å². The van der Waals surface area contributed by atoms with Gasteiger partial charge in [0.2, 0.25) is 0 Å². The SMILES string of the molecule is CNC1C(N=[N+]=[N-])CC(C(=O)OC)=C[C@H]1C. The van der Waals surface area contributed by atoms with Gasteiger partial charge in [0, 0.05) is 16.5 Å². The molecule has 1 N–H and O–H groups in total. The predicted octanol–water partition coefficient (Wildman–Crippen LogP) is 1.39. The number of rotatable bonds is 3. The molecule has 0 saturated heterocycles. The Morgan fingerprint density at radius 3 is 2.94 bits per heavy atom. The standard InChI is InChI=1S/C10H16N4O2/c1-6-4-7(10(15)16-3)5-8(13-14-11)9(6)12-2/h4,6,8-9,12H,5H2,1-3H3/t6-,8?,9?/m1/s1. The fraction of sp³-hybridized carbons (Fsp3) is 0.700. The van der Waals surface area contributed by atoms with Crippen LogP contribution < -0.4 is 5.32 Å².